The van der Waals surface area contributed by atoms with Crippen molar-refractivity contribution >= 4 is 24.8 Å². The Bertz CT molecular complexity index is 596. The van der Waals surface area contributed by atoms with E-state index in [0.29, 0.717) is 0 Å². The van der Waals surface area contributed by atoms with Crippen LogP contribution in [0.2, 0.25) is 0 Å². The number of aliphatic hydroxyl groups is 2. The number of esters is 2. The molecule has 0 aromatic rings. The van der Waals surface area contributed by atoms with E-state index in [1.165, 1.54) is 0 Å². The first-order valence-electron chi connectivity index (χ1n) is 9.32. The molecule has 1 aliphatic rings. The molecular weight excluding hydrogens is 384 g/mol. The van der Waals surface area contributed by atoms with Crippen LogP contribution >= 0.6 is 0 Å². The van der Waals surface area contributed by atoms with Crippen LogP contribution in [0.3, 0.4) is 0 Å². The molecule has 1 aliphatic carbocycles. The van der Waals surface area contributed by atoms with E-state index < -0.39 is 52.8 Å². The predicted octanol–water partition coefficient (Wildman–Crippen LogP) is -0.596. The van der Waals surface area contributed by atoms with Gasteiger partial charge >= 0.3 is 11.9 Å². The van der Waals surface area contributed by atoms with Crippen LogP contribution in [0.15, 0.2) is 0 Å². The molecule has 1 saturated carbocycles. The normalized spacial score (nSPS) is 19.7. The third-order valence-corrected chi connectivity index (χ3v) is 4.96. The second kappa shape index (κ2) is 8.27. The molecule has 1 rings (SSSR count). The van der Waals surface area contributed by atoms with Crippen molar-refractivity contribution in [2.75, 3.05) is 13.2 Å². The lowest BCUT2D eigenvalue weighted by atomic mass is 9.67. The molecule has 4 N–H and O–H groups in total. The van der Waals surface area contributed by atoms with E-state index >= 15 is 0 Å². The summed E-state index contributed by atoms with van der Waals surface area (Å²) >= 11 is 0. The summed E-state index contributed by atoms with van der Waals surface area (Å²) in [6.45, 7) is 7.76. The van der Waals surface area contributed by atoms with Gasteiger partial charge in [0.1, 0.15) is 11.2 Å². The average Bonchev–Trinajstić information content (AvgIpc) is 3.36. The lowest BCUT2D eigenvalue weighted by Gasteiger charge is -2.48. The van der Waals surface area contributed by atoms with Crippen molar-refractivity contribution in [3.05, 3.63) is 0 Å². The van der Waals surface area contributed by atoms with Crippen LogP contribution in [0.25, 0.3) is 0 Å². The molecule has 0 heterocycles. The quantitative estimate of drug-likeness (QED) is 0.272. The van der Waals surface area contributed by atoms with Crippen LogP contribution in [0.5, 0.6) is 0 Å². The van der Waals surface area contributed by atoms with E-state index in [1.807, 2.05) is 0 Å². The number of nitrogens with one attached hydrogen (secondary N) is 2. The maximum absolute atomic E-state index is 13.1. The molecule has 0 unspecified atom stereocenters. The maximum atomic E-state index is 13.1. The highest BCUT2D eigenvalue weighted by Crippen LogP contribution is 2.62. The van der Waals surface area contributed by atoms with Gasteiger partial charge in [-0.1, -0.05) is 0 Å². The number of carbonyl (C=O) groups is 4. The molecule has 2 amide bonds. The van der Waals surface area contributed by atoms with Gasteiger partial charge in [0.05, 0.1) is 13.2 Å². The summed E-state index contributed by atoms with van der Waals surface area (Å²) in [5, 5.41) is 25.1. The minimum Gasteiger partial charge on any atom is -0.458 e. The molecule has 166 valence electrons. The largest absolute Gasteiger partial charge is 0.458 e. The number of carbonyl (C=O) groups excluding carboxylic acids is 4. The first-order valence-corrected chi connectivity index (χ1v) is 9.32. The van der Waals surface area contributed by atoms with E-state index in [4.69, 9.17) is 9.47 Å². The van der Waals surface area contributed by atoms with Gasteiger partial charge in [-0.3, -0.25) is 9.59 Å². The standard InChI is InChI=1S/C19H32N2O8/c1-15(2,3)28-13(26)18(9-22,20-11-24)17(7-8-17)19(10-23,21-12-25)14(27)29-16(4,5)6/h11-12,22-23H,7-10H2,1-6H3,(H,20,24)(H,21,25)/t18-,19-/m1/s1. The van der Waals surface area contributed by atoms with Crippen molar-refractivity contribution in [3.8, 4) is 0 Å². The summed E-state index contributed by atoms with van der Waals surface area (Å²) in [6, 6.07) is 0. The van der Waals surface area contributed by atoms with Crippen molar-refractivity contribution in [3.63, 3.8) is 0 Å². The van der Waals surface area contributed by atoms with Crippen molar-refractivity contribution < 1.29 is 38.9 Å². The molecule has 2 atom stereocenters. The fourth-order valence-corrected chi connectivity index (χ4v) is 3.58. The summed E-state index contributed by atoms with van der Waals surface area (Å²) in [5.41, 5.74) is -7.71. The van der Waals surface area contributed by atoms with Gasteiger partial charge < -0.3 is 30.3 Å². The number of ether oxygens (including phenoxy) is 2. The smallest absolute Gasteiger partial charge is 0.335 e. The predicted molar refractivity (Wildman–Crippen MR) is 101 cm³/mol. The lowest BCUT2D eigenvalue weighted by molar-refractivity contribution is -0.183. The van der Waals surface area contributed by atoms with Gasteiger partial charge in [-0.2, -0.15) is 0 Å². The molecule has 10 heteroatoms. The highest BCUT2D eigenvalue weighted by atomic mass is 16.6. The van der Waals surface area contributed by atoms with E-state index in [1.54, 1.807) is 41.5 Å². The van der Waals surface area contributed by atoms with E-state index in [0.717, 1.165) is 0 Å². The average molecular weight is 416 g/mol. The molecule has 1 fully saturated rings. The van der Waals surface area contributed by atoms with Gasteiger partial charge in [-0.25, -0.2) is 9.59 Å². The monoisotopic (exact) mass is 416 g/mol. The van der Waals surface area contributed by atoms with Crippen LogP contribution in [-0.2, 0) is 28.7 Å². The Kier molecular flexibility index (Phi) is 7.08. The summed E-state index contributed by atoms with van der Waals surface area (Å²) in [6.07, 6.45) is 0.652. The Morgan fingerprint density at radius 3 is 1.31 bits per heavy atom. The van der Waals surface area contributed by atoms with Gasteiger partial charge in [0.2, 0.25) is 12.8 Å². The molecule has 0 aromatic heterocycles. The fraction of sp³-hybridized carbons (Fsp3) is 0.789. The summed E-state index contributed by atoms with van der Waals surface area (Å²) in [4.78, 5) is 49.0. The molecule has 0 aliphatic heterocycles. The first-order chi connectivity index (χ1) is 13.2. The number of rotatable bonds is 10. The number of amides is 2. The van der Waals surface area contributed by atoms with Crippen LogP contribution < -0.4 is 10.6 Å². The van der Waals surface area contributed by atoms with Crippen LogP contribution in [0, 0.1) is 5.41 Å². The summed E-state index contributed by atoms with van der Waals surface area (Å²) in [5.74, 6) is -1.99. The van der Waals surface area contributed by atoms with E-state index in [-0.39, 0.29) is 25.7 Å². The van der Waals surface area contributed by atoms with Crippen molar-refractivity contribution in [1.29, 1.82) is 0 Å². The van der Waals surface area contributed by atoms with E-state index in [9.17, 15) is 29.4 Å². The Balaban J connectivity index is 3.66. The van der Waals surface area contributed by atoms with Crippen molar-refractivity contribution in [1.82, 2.24) is 10.6 Å². The zero-order valence-electron chi connectivity index (χ0n) is 17.8. The fourth-order valence-electron chi connectivity index (χ4n) is 3.58. The lowest BCUT2D eigenvalue weighted by Crippen LogP contribution is -2.75. The van der Waals surface area contributed by atoms with Crippen LogP contribution in [0.1, 0.15) is 54.4 Å². The zero-order chi connectivity index (χ0) is 22.7. The minimum absolute atomic E-state index is 0.119. The summed E-state index contributed by atoms with van der Waals surface area (Å²) < 4.78 is 10.8. The second-order valence-electron chi connectivity index (χ2n) is 9.24. The number of hydrogen-bond acceptors (Lipinski definition) is 8. The van der Waals surface area contributed by atoms with Gasteiger partial charge in [0.15, 0.2) is 11.1 Å². The Morgan fingerprint density at radius 1 is 0.828 bits per heavy atom. The molecule has 0 spiro atoms. The zero-order valence-corrected chi connectivity index (χ0v) is 17.8. The molecule has 0 aromatic carbocycles. The molecule has 10 nitrogen and oxygen atoms in total. The van der Waals surface area contributed by atoms with Crippen molar-refractivity contribution in [2.24, 2.45) is 5.41 Å². The third kappa shape index (κ3) is 4.53. The van der Waals surface area contributed by atoms with Gasteiger partial charge in [-0.05, 0) is 54.4 Å². The Hall–Kier alpha value is -2.20. The highest BCUT2D eigenvalue weighted by molar-refractivity contribution is 5.92. The Morgan fingerprint density at radius 2 is 1.14 bits per heavy atom. The van der Waals surface area contributed by atoms with Gasteiger partial charge in [0, 0.05) is 5.41 Å². The van der Waals surface area contributed by atoms with Gasteiger partial charge in [0.25, 0.3) is 0 Å². The van der Waals surface area contributed by atoms with Crippen molar-refractivity contribution in [2.45, 2.75) is 76.7 Å². The molecule has 0 saturated heterocycles. The molecule has 0 radical (unpaired) electrons. The second-order valence-corrected chi connectivity index (χ2v) is 9.24. The summed E-state index contributed by atoms with van der Waals surface area (Å²) in [7, 11) is 0. The maximum Gasteiger partial charge on any atom is 0.335 e. The van der Waals surface area contributed by atoms with Crippen LogP contribution in [-0.4, -0.2) is 70.5 Å². The first kappa shape index (κ1) is 24.8. The molecule has 29 heavy (non-hydrogen) atoms. The minimum atomic E-state index is -2.10. The SMILES string of the molecule is CC(C)(C)OC(=O)[C@@](CO)(NC=O)C1([C@](CO)(NC=O)C(=O)OC(C)(C)C)CC1. The molecular formula is C19H32N2O8. The van der Waals surface area contributed by atoms with Crippen LogP contribution in [0.4, 0.5) is 0 Å². The third-order valence-electron chi connectivity index (χ3n) is 4.96. The Labute approximate surface area is 170 Å². The van der Waals surface area contributed by atoms with E-state index in [2.05, 4.69) is 10.6 Å². The number of aliphatic hydroxyl groups excluding tert-OH is 2. The topological polar surface area (TPSA) is 151 Å². The van der Waals surface area contributed by atoms with Gasteiger partial charge in [-0.15, -0.1) is 0 Å². The molecule has 0 bridgehead atoms. The number of hydrogen-bond donors (Lipinski definition) is 4. The highest BCUT2D eigenvalue weighted by Gasteiger charge is 2.77.